The van der Waals surface area contributed by atoms with E-state index < -0.39 is 0 Å². The van der Waals surface area contributed by atoms with Gasteiger partial charge in [-0.3, -0.25) is 4.90 Å². The van der Waals surface area contributed by atoms with Crippen LogP contribution >= 0.6 is 11.8 Å². The van der Waals surface area contributed by atoms with Crippen LogP contribution in [0.4, 0.5) is 0 Å². The maximum absolute atomic E-state index is 5.50. The second kappa shape index (κ2) is 10.8. The summed E-state index contributed by atoms with van der Waals surface area (Å²) in [6.07, 6.45) is 4.51. The number of thioether (sulfide) groups is 1. The van der Waals surface area contributed by atoms with Gasteiger partial charge >= 0.3 is 0 Å². The molecule has 0 saturated carbocycles. The van der Waals surface area contributed by atoms with E-state index >= 15 is 0 Å². The first-order chi connectivity index (χ1) is 16.3. The lowest BCUT2D eigenvalue weighted by molar-refractivity contribution is 0.213. The highest BCUT2D eigenvalue weighted by Gasteiger charge is 2.19. The molecule has 8 heteroatoms. The summed E-state index contributed by atoms with van der Waals surface area (Å²) in [5.74, 6) is 2.89. The highest BCUT2D eigenvalue weighted by atomic mass is 32.2. The van der Waals surface area contributed by atoms with Crippen molar-refractivity contribution in [1.29, 1.82) is 0 Å². The molecule has 0 amide bonds. The van der Waals surface area contributed by atoms with E-state index in [-0.39, 0.29) is 0 Å². The molecule has 0 bridgehead atoms. The normalized spacial score (nSPS) is 14.5. The second-order valence-electron chi connectivity index (χ2n) is 8.36. The first-order valence-electron chi connectivity index (χ1n) is 11.5. The maximum Gasteiger partial charge on any atom is 0.237 e. The Labute approximate surface area is 198 Å². The highest BCUT2D eigenvalue weighted by molar-refractivity contribution is 7.98. The van der Waals surface area contributed by atoms with Crippen molar-refractivity contribution < 1.29 is 4.52 Å². The Morgan fingerprint density at radius 2 is 1.55 bits per heavy atom. The lowest BCUT2D eigenvalue weighted by Gasteiger charge is -2.26. The fourth-order valence-electron chi connectivity index (χ4n) is 4.11. The summed E-state index contributed by atoms with van der Waals surface area (Å²) >= 11 is 1.60. The SMILES string of the molecule is c1ccc(Cc2noc(CSc3nnc(CN4CCCCC4)n3Cc3ccccc3)n2)cc1. The smallest absolute Gasteiger partial charge is 0.237 e. The van der Waals surface area contributed by atoms with E-state index in [1.54, 1.807) is 11.8 Å². The number of hydrogen-bond acceptors (Lipinski definition) is 7. The molecular weight excluding hydrogens is 432 g/mol. The lowest BCUT2D eigenvalue weighted by atomic mass is 10.1. The molecule has 2 aromatic carbocycles. The van der Waals surface area contributed by atoms with Gasteiger partial charge in [-0.05, 0) is 37.1 Å². The van der Waals surface area contributed by atoms with Crippen LogP contribution in [0.25, 0.3) is 0 Å². The van der Waals surface area contributed by atoms with Gasteiger partial charge in [0.05, 0.1) is 18.8 Å². The number of benzene rings is 2. The monoisotopic (exact) mass is 460 g/mol. The molecule has 0 unspecified atom stereocenters. The predicted molar refractivity (Wildman–Crippen MR) is 128 cm³/mol. The number of piperidine rings is 1. The maximum atomic E-state index is 5.50. The Morgan fingerprint density at radius 1 is 0.818 bits per heavy atom. The van der Waals surface area contributed by atoms with Gasteiger partial charge < -0.3 is 9.09 Å². The molecule has 1 saturated heterocycles. The van der Waals surface area contributed by atoms with Crippen molar-refractivity contribution in [2.45, 2.75) is 49.7 Å². The third kappa shape index (κ3) is 5.89. The average molecular weight is 461 g/mol. The van der Waals surface area contributed by atoms with Gasteiger partial charge in [0.15, 0.2) is 11.0 Å². The van der Waals surface area contributed by atoms with Crippen LogP contribution in [-0.2, 0) is 25.3 Å². The minimum atomic E-state index is 0.568. The third-order valence-electron chi connectivity index (χ3n) is 5.83. The molecule has 7 nitrogen and oxygen atoms in total. The standard InChI is InChI=1S/C25H28N6OS/c1-4-10-20(11-5-1)16-22-26-24(32-29-22)19-33-25-28-27-23(18-30-14-8-3-9-15-30)31(25)17-21-12-6-2-7-13-21/h1-2,4-7,10-13H,3,8-9,14-19H2. The fourth-order valence-corrected chi connectivity index (χ4v) is 4.90. The largest absolute Gasteiger partial charge is 0.338 e. The van der Waals surface area contributed by atoms with E-state index in [0.717, 1.165) is 37.2 Å². The van der Waals surface area contributed by atoms with Crippen LogP contribution in [0.1, 0.15) is 47.9 Å². The van der Waals surface area contributed by atoms with Gasteiger partial charge in [-0.15, -0.1) is 10.2 Å². The summed E-state index contributed by atoms with van der Waals surface area (Å²) in [7, 11) is 0. The molecule has 33 heavy (non-hydrogen) atoms. The second-order valence-corrected chi connectivity index (χ2v) is 9.31. The molecule has 0 radical (unpaired) electrons. The molecule has 0 atom stereocenters. The third-order valence-corrected chi connectivity index (χ3v) is 6.78. The molecule has 1 fully saturated rings. The number of hydrogen-bond donors (Lipinski definition) is 0. The number of likely N-dealkylation sites (tertiary alicyclic amines) is 1. The molecule has 3 heterocycles. The first-order valence-corrected chi connectivity index (χ1v) is 12.5. The van der Waals surface area contributed by atoms with E-state index in [0.29, 0.717) is 23.9 Å². The first kappa shape index (κ1) is 21.9. The van der Waals surface area contributed by atoms with Crippen molar-refractivity contribution in [2.75, 3.05) is 13.1 Å². The fraction of sp³-hybridized carbons (Fsp3) is 0.360. The van der Waals surface area contributed by atoms with Gasteiger partial charge in [-0.25, -0.2) is 0 Å². The van der Waals surface area contributed by atoms with Crippen LogP contribution < -0.4 is 0 Å². The van der Waals surface area contributed by atoms with E-state index in [1.807, 2.05) is 24.3 Å². The molecule has 1 aliphatic rings. The summed E-state index contributed by atoms with van der Waals surface area (Å²) in [4.78, 5) is 7.05. The van der Waals surface area contributed by atoms with Crippen LogP contribution in [0.15, 0.2) is 70.3 Å². The molecule has 4 aromatic rings. The van der Waals surface area contributed by atoms with Gasteiger partial charge in [0.2, 0.25) is 5.89 Å². The van der Waals surface area contributed by atoms with Crippen molar-refractivity contribution in [1.82, 2.24) is 29.8 Å². The van der Waals surface area contributed by atoms with Gasteiger partial charge in [0, 0.05) is 6.42 Å². The van der Waals surface area contributed by atoms with Crippen molar-refractivity contribution in [3.8, 4) is 0 Å². The minimum absolute atomic E-state index is 0.568. The summed E-state index contributed by atoms with van der Waals surface area (Å²) in [5, 5.41) is 14.1. The van der Waals surface area contributed by atoms with Crippen LogP contribution in [-0.4, -0.2) is 42.9 Å². The summed E-state index contributed by atoms with van der Waals surface area (Å²) in [6.45, 7) is 3.85. The van der Waals surface area contributed by atoms with Crippen LogP contribution in [0.5, 0.6) is 0 Å². The van der Waals surface area contributed by atoms with Gasteiger partial charge in [-0.2, -0.15) is 4.98 Å². The lowest BCUT2D eigenvalue weighted by Crippen LogP contribution is -2.30. The number of aromatic nitrogens is 5. The van der Waals surface area contributed by atoms with Crippen molar-refractivity contribution in [3.05, 3.63) is 89.3 Å². The molecule has 0 N–H and O–H groups in total. The Bertz CT molecular complexity index is 1140. The molecule has 0 aliphatic carbocycles. The molecule has 2 aromatic heterocycles. The summed E-state index contributed by atoms with van der Waals surface area (Å²) < 4.78 is 7.73. The Balaban J connectivity index is 1.29. The number of nitrogens with zero attached hydrogens (tertiary/aromatic N) is 6. The molecule has 0 spiro atoms. The van der Waals surface area contributed by atoms with Crippen molar-refractivity contribution in [3.63, 3.8) is 0 Å². The quantitative estimate of drug-likeness (QED) is 0.339. The van der Waals surface area contributed by atoms with Gasteiger partial charge in [0.1, 0.15) is 5.82 Å². The van der Waals surface area contributed by atoms with Crippen molar-refractivity contribution in [2.24, 2.45) is 0 Å². The topological polar surface area (TPSA) is 72.9 Å². The minimum Gasteiger partial charge on any atom is -0.338 e. The van der Waals surface area contributed by atoms with Gasteiger partial charge in [0.25, 0.3) is 0 Å². The Kier molecular flexibility index (Phi) is 7.13. The van der Waals surface area contributed by atoms with E-state index in [9.17, 15) is 0 Å². The van der Waals surface area contributed by atoms with Crippen LogP contribution in [0, 0.1) is 0 Å². The zero-order valence-corrected chi connectivity index (χ0v) is 19.5. The molecular formula is C25H28N6OS. The van der Waals surface area contributed by atoms with Crippen LogP contribution in [0.3, 0.4) is 0 Å². The van der Waals surface area contributed by atoms with Crippen LogP contribution in [0.2, 0.25) is 0 Å². The number of rotatable bonds is 9. The zero-order chi connectivity index (χ0) is 22.3. The molecule has 170 valence electrons. The summed E-state index contributed by atoms with van der Waals surface area (Å²) in [5.41, 5.74) is 2.41. The Morgan fingerprint density at radius 3 is 2.30 bits per heavy atom. The molecule has 5 rings (SSSR count). The Hall–Kier alpha value is -2.97. The average Bonchev–Trinajstić information content (AvgIpc) is 3.46. The van der Waals surface area contributed by atoms with E-state index in [2.05, 4.69) is 66.2 Å². The van der Waals surface area contributed by atoms with E-state index in [1.165, 1.54) is 30.4 Å². The summed E-state index contributed by atoms with van der Waals surface area (Å²) in [6, 6.07) is 20.7. The molecule has 1 aliphatic heterocycles. The zero-order valence-electron chi connectivity index (χ0n) is 18.6. The van der Waals surface area contributed by atoms with Crippen molar-refractivity contribution >= 4 is 11.8 Å². The predicted octanol–water partition coefficient (Wildman–Crippen LogP) is 4.58. The van der Waals surface area contributed by atoms with E-state index in [4.69, 9.17) is 4.52 Å². The van der Waals surface area contributed by atoms with Gasteiger partial charge in [-0.1, -0.05) is 84.0 Å². The highest BCUT2D eigenvalue weighted by Crippen LogP contribution is 2.24.